The molecule has 1 aromatic heterocycles. The Labute approximate surface area is 155 Å². The van der Waals surface area contributed by atoms with Crippen molar-refractivity contribution in [1.29, 1.82) is 0 Å². The van der Waals surface area contributed by atoms with Gasteiger partial charge in [-0.3, -0.25) is 4.79 Å². The third-order valence-corrected chi connectivity index (χ3v) is 4.50. The molecule has 0 fully saturated rings. The standard InChI is InChI=1S/C21H31NO4/c1-5-7-9-10-14-25-19-17-12-11-16(24-4)15-18(17)22(3)21(23)20(19)26-13-8-6-2/h11-12,15H,5-10,13-14H2,1-4H3. The molecule has 144 valence electrons. The molecule has 0 radical (unpaired) electrons. The molecule has 0 aliphatic rings. The molecule has 0 N–H and O–H groups in total. The molecular formula is C21H31NO4. The van der Waals surface area contributed by atoms with Crippen LogP contribution < -0.4 is 19.8 Å². The number of methoxy groups -OCH3 is 1. The predicted octanol–water partition coefficient (Wildman–Crippen LogP) is 4.69. The van der Waals surface area contributed by atoms with Gasteiger partial charge in [-0.25, -0.2) is 0 Å². The number of unbranched alkanes of at least 4 members (excludes halogenated alkanes) is 4. The molecule has 26 heavy (non-hydrogen) atoms. The van der Waals surface area contributed by atoms with Crippen molar-refractivity contribution in [3.8, 4) is 17.2 Å². The Balaban J connectivity index is 2.42. The lowest BCUT2D eigenvalue weighted by atomic mass is 10.1. The number of fused-ring (bicyclic) bond motifs is 1. The van der Waals surface area contributed by atoms with E-state index >= 15 is 0 Å². The molecule has 5 nitrogen and oxygen atoms in total. The van der Waals surface area contributed by atoms with E-state index in [4.69, 9.17) is 14.2 Å². The third-order valence-electron chi connectivity index (χ3n) is 4.50. The summed E-state index contributed by atoms with van der Waals surface area (Å²) in [5.41, 5.74) is 0.603. The molecule has 2 aromatic rings. The van der Waals surface area contributed by atoms with Crippen LogP contribution in [0.15, 0.2) is 23.0 Å². The number of benzene rings is 1. The summed E-state index contributed by atoms with van der Waals surface area (Å²) in [5, 5.41) is 0.870. The zero-order chi connectivity index (χ0) is 18.9. The average molecular weight is 361 g/mol. The van der Waals surface area contributed by atoms with Crippen LogP contribution in [0.25, 0.3) is 10.9 Å². The maximum Gasteiger partial charge on any atom is 0.297 e. The lowest BCUT2D eigenvalue weighted by molar-refractivity contribution is 0.259. The minimum atomic E-state index is -0.176. The van der Waals surface area contributed by atoms with E-state index in [1.165, 1.54) is 12.8 Å². The Morgan fingerprint density at radius 2 is 1.62 bits per heavy atom. The number of rotatable bonds is 11. The Kier molecular flexibility index (Phi) is 7.82. The van der Waals surface area contributed by atoms with Gasteiger partial charge in [0.25, 0.3) is 5.56 Å². The lowest BCUT2D eigenvalue weighted by Gasteiger charge is -2.17. The van der Waals surface area contributed by atoms with Gasteiger partial charge in [-0.05, 0) is 25.0 Å². The van der Waals surface area contributed by atoms with Gasteiger partial charge in [0.2, 0.25) is 5.75 Å². The minimum absolute atomic E-state index is 0.176. The van der Waals surface area contributed by atoms with Crippen molar-refractivity contribution in [1.82, 2.24) is 4.57 Å². The smallest absolute Gasteiger partial charge is 0.297 e. The predicted molar refractivity (Wildman–Crippen MR) is 106 cm³/mol. The topological polar surface area (TPSA) is 49.7 Å². The molecule has 0 unspecified atom stereocenters. The Morgan fingerprint density at radius 3 is 2.31 bits per heavy atom. The molecule has 5 heteroatoms. The van der Waals surface area contributed by atoms with Crippen molar-refractivity contribution < 1.29 is 14.2 Å². The quantitative estimate of drug-likeness (QED) is 0.545. The molecule has 0 saturated heterocycles. The van der Waals surface area contributed by atoms with E-state index in [2.05, 4.69) is 13.8 Å². The van der Waals surface area contributed by atoms with Crippen molar-refractivity contribution in [3.63, 3.8) is 0 Å². The highest BCUT2D eigenvalue weighted by molar-refractivity contribution is 5.89. The second-order valence-corrected chi connectivity index (χ2v) is 6.52. The maximum atomic E-state index is 12.8. The van der Waals surface area contributed by atoms with Crippen LogP contribution in [0.1, 0.15) is 52.4 Å². The monoisotopic (exact) mass is 361 g/mol. The molecule has 0 aliphatic heterocycles. The van der Waals surface area contributed by atoms with Gasteiger partial charge in [0.05, 0.1) is 25.8 Å². The van der Waals surface area contributed by atoms with Crippen LogP contribution in [0.3, 0.4) is 0 Å². The first-order valence-corrected chi connectivity index (χ1v) is 9.60. The number of aromatic nitrogens is 1. The summed E-state index contributed by atoms with van der Waals surface area (Å²) in [4.78, 5) is 12.8. The minimum Gasteiger partial charge on any atom is -0.497 e. The Morgan fingerprint density at radius 1 is 0.923 bits per heavy atom. The second-order valence-electron chi connectivity index (χ2n) is 6.52. The fourth-order valence-electron chi connectivity index (χ4n) is 2.88. The molecule has 1 heterocycles. The van der Waals surface area contributed by atoms with E-state index in [0.29, 0.717) is 30.5 Å². The van der Waals surface area contributed by atoms with Crippen molar-refractivity contribution in [2.45, 2.75) is 52.4 Å². The molecule has 0 bridgehead atoms. The van der Waals surface area contributed by atoms with Gasteiger partial charge >= 0.3 is 0 Å². The highest BCUT2D eigenvalue weighted by Crippen LogP contribution is 2.34. The molecule has 0 spiro atoms. The molecule has 0 amide bonds. The number of ether oxygens (including phenoxy) is 3. The second kappa shape index (κ2) is 10.1. The molecule has 1 aromatic carbocycles. The van der Waals surface area contributed by atoms with Gasteiger partial charge in [0.1, 0.15) is 5.75 Å². The van der Waals surface area contributed by atoms with Crippen molar-refractivity contribution in [3.05, 3.63) is 28.6 Å². The third kappa shape index (κ3) is 4.71. The van der Waals surface area contributed by atoms with E-state index in [-0.39, 0.29) is 5.56 Å². The van der Waals surface area contributed by atoms with Crippen molar-refractivity contribution >= 4 is 10.9 Å². The van der Waals surface area contributed by atoms with Gasteiger partial charge < -0.3 is 18.8 Å². The molecule has 0 saturated carbocycles. The summed E-state index contributed by atoms with van der Waals surface area (Å²) in [6, 6.07) is 5.67. The number of hydrogen-bond acceptors (Lipinski definition) is 4. The first-order valence-electron chi connectivity index (χ1n) is 9.60. The maximum absolute atomic E-state index is 12.8. The first-order chi connectivity index (χ1) is 12.6. The van der Waals surface area contributed by atoms with Crippen LogP contribution in [0.4, 0.5) is 0 Å². The van der Waals surface area contributed by atoms with Crippen molar-refractivity contribution in [2.24, 2.45) is 7.05 Å². The summed E-state index contributed by atoms with van der Waals surface area (Å²) < 4.78 is 18.8. The van der Waals surface area contributed by atoms with Crippen LogP contribution in [-0.4, -0.2) is 24.9 Å². The van der Waals surface area contributed by atoms with Gasteiger partial charge in [0.15, 0.2) is 5.75 Å². The van der Waals surface area contributed by atoms with E-state index in [0.717, 1.165) is 36.6 Å². The van der Waals surface area contributed by atoms with Crippen molar-refractivity contribution in [2.75, 3.05) is 20.3 Å². The number of aryl methyl sites for hydroxylation is 1. The number of pyridine rings is 1. The number of hydrogen-bond donors (Lipinski definition) is 0. The fraction of sp³-hybridized carbons (Fsp3) is 0.571. The molecule has 0 atom stereocenters. The van der Waals surface area contributed by atoms with Crippen LogP contribution in [0.2, 0.25) is 0 Å². The first kappa shape index (κ1) is 20.1. The highest BCUT2D eigenvalue weighted by atomic mass is 16.5. The summed E-state index contributed by atoms with van der Waals surface area (Å²) in [7, 11) is 3.37. The van der Waals surface area contributed by atoms with Crippen LogP contribution in [0, 0.1) is 0 Å². The van der Waals surface area contributed by atoms with E-state index in [1.54, 1.807) is 18.7 Å². The molecule has 0 aliphatic carbocycles. The normalized spacial score (nSPS) is 10.9. The van der Waals surface area contributed by atoms with E-state index in [1.807, 2.05) is 18.2 Å². The fourth-order valence-corrected chi connectivity index (χ4v) is 2.88. The summed E-state index contributed by atoms with van der Waals surface area (Å²) in [6.45, 7) is 5.37. The highest BCUT2D eigenvalue weighted by Gasteiger charge is 2.18. The average Bonchev–Trinajstić information content (AvgIpc) is 2.66. The molecular weight excluding hydrogens is 330 g/mol. The van der Waals surface area contributed by atoms with Gasteiger partial charge in [-0.2, -0.15) is 0 Å². The lowest BCUT2D eigenvalue weighted by Crippen LogP contribution is -2.21. The van der Waals surface area contributed by atoms with Gasteiger partial charge in [0, 0.05) is 18.5 Å². The summed E-state index contributed by atoms with van der Waals surface area (Å²) >= 11 is 0. The van der Waals surface area contributed by atoms with E-state index in [9.17, 15) is 4.79 Å². The Hall–Kier alpha value is -2.17. The zero-order valence-electron chi connectivity index (χ0n) is 16.5. The van der Waals surface area contributed by atoms with E-state index < -0.39 is 0 Å². The molecule has 2 rings (SSSR count). The van der Waals surface area contributed by atoms with Crippen LogP contribution in [-0.2, 0) is 7.05 Å². The summed E-state index contributed by atoms with van der Waals surface area (Å²) in [5.74, 6) is 1.58. The SMILES string of the molecule is CCCCCCOc1c(OCCCC)c(=O)n(C)c2cc(OC)ccc12. The van der Waals surface area contributed by atoms with Gasteiger partial charge in [-0.15, -0.1) is 0 Å². The largest absolute Gasteiger partial charge is 0.497 e. The van der Waals surface area contributed by atoms with Gasteiger partial charge in [-0.1, -0.05) is 39.5 Å². The Bertz CT molecular complexity index is 767. The number of nitrogens with zero attached hydrogens (tertiary/aromatic N) is 1. The van der Waals surface area contributed by atoms with Crippen LogP contribution in [0.5, 0.6) is 17.2 Å². The summed E-state index contributed by atoms with van der Waals surface area (Å²) in [6.07, 6.45) is 6.38. The zero-order valence-corrected chi connectivity index (χ0v) is 16.5. The van der Waals surface area contributed by atoms with Crippen LogP contribution >= 0.6 is 0 Å².